The Hall–Kier alpha value is -3.08. The second kappa shape index (κ2) is 8.74. The lowest BCUT2D eigenvalue weighted by molar-refractivity contribution is -0.136. The third-order valence-electron chi connectivity index (χ3n) is 4.36. The van der Waals surface area contributed by atoms with Crippen LogP contribution in [0, 0.1) is 5.92 Å². The molecule has 0 unspecified atom stereocenters. The van der Waals surface area contributed by atoms with Gasteiger partial charge in [0.1, 0.15) is 5.75 Å². The first-order valence-corrected chi connectivity index (χ1v) is 9.59. The van der Waals surface area contributed by atoms with Crippen LogP contribution in [0.25, 0.3) is 22.5 Å². The quantitative estimate of drug-likeness (QED) is 0.605. The van der Waals surface area contributed by atoms with Gasteiger partial charge in [-0.2, -0.15) is 5.10 Å². The van der Waals surface area contributed by atoms with E-state index in [9.17, 15) is 4.79 Å². The SMILES string of the molecule is CCOc1ccc(CC(=O)O)cc1-c1cc(-c2ccccc2)n(CC(C)C)n1. The first-order chi connectivity index (χ1) is 13.5. The van der Waals surface area contributed by atoms with E-state index in [0.717, 1.165) is 34.6 Å². The van der Waals surface area contributed by atoms with Crippen molar-refractivity contribution in [1.82, 2.24) is 9.78 Å². The predicted octanol–water partition coefficient (Wildman–Crippen LogP) is 4.90. The van der Waals surface area contributed by atoms with Gasteiger partial charge in [-0.1, -0.05) is 50.2 Å². The van der Waals surface area contributed by atoms with Crippen molar-refractivity contribution in [3.05, 3.63) is 60.2 Å². The second-order valence-electron chi connectivity index (χ2n) is 7.19. The van der Waals surface area contributed by atoms with Crippen molar-refractivity contribution in [3.63, 3.8) is 0 Å². The molecular weight excluding hydrogens is 352 g/mol. The number of hydrogen-bond donors (Lipinski definition) is 1. The van der Waals surface area contributed by atoms with E-state index in [2.05, 4.69) is 32.0 Å². The van der Waals surface area contributed by atoms with Crippen LogP contribution in [-0.4, -0.2) is 27.5 Å². The molecule has 0 radical (unpaired) electrons. The van der Waals surface area contributed by atoms with Crippen molar-refractivity contribution in [2.24, 2.45) is 5.92 Å². The minimum absolute atomic E-state index is 0.0301. The van der Waals surface area contributed by atoms with Crippen LogP contribution in [0.4, 0.5) is 0 Å². The van der Waals surface area contributed by atoms with E-state index in [0.29, 0.717) is 18.3 Å². The number of rotatable bonds is 8. The summed E-state index contributed by atoms with van der Waals surface area (Å²) in [6.45, 7) is 7.58. The lowest BCUT2D eigenvalue weighted by Crippen LogP contribution is -2.08. The summed E-state index contributed by atoms with van der Waals surface area (Å²) in [5, 5.41) is 14.0. The van der Waals surface area contributed by atoms with Crippen LogP contribution in [-0.2, 0) is 17.8 Å². The Morgan fingerprint density at radius 3 is 2.54 bits per heavy atom. The molecule has 5 nitrogen and oxygen atoms in total. The van der Waals surface area contributed by atoms with Gasteiger partial charge in [-0.3, -0.25) is 9.48 Å². The zero-order valence-corrected chi connectivity index (χ0v) is 16.6. The van der Waals surface area contributed by atoms with E-state index in [4.69, 9.17) is 14.9 Å². The predicted molar refractivity (Wildman–Crippen MR) is 110 cm³/mol. The topological polar surface area (TPSA) is 64.3 Å². The maximum atomic E-state index is 11.1. The van der Waals surface area contributed by atoms with Crippen LogP contribution < -0.4 is 4.74 Å². The van der Waals surface area contributed by atoms with Gasteiger partial charge >= 0.3 is 5.97 Å². The summed E-state index contributed by atoms with van der Waals surface area (Å²) < 4.78 is 7.81. The monoisotopic (exact) mass is 378 g/mol. The summed E-state index contributed by atoms with van der Waals surface area (Å²) in [7, 11) is 0. The van der Waals surface area contributed by atoms with Crippen molar-refractivity contribution in [2.75, 3.05) is 6.61 Å². The van der Waals surface area contributed by atoms with E-state index in [1.165, 1.54) is 0 Å². The van der Waals surface area contributed by atoms with Gasteiger partial charge in [0.15, 0.2) is 0 Å². The highest BCUT2D eigenvalue weighted by molar-refractivity contribution is 5.76. The minimum Gasteiger partial charge on any atom is -0.493 e. The molecule has 146 valence electrons. The number of ether oxygens (including phenoxy) is 1. The summed E-state index contributed by atoms with van der Waals surface area (Å²) >= 11 is 0. The molecule has 0 bridgehead atoms. The van der Waals surface area contributed by atoms with E-state index < -0.39 is 5.97 Å². The van der Waals surface area contributed by atoms with Gasteiger partial charge in [0.2, 0.25) is 0 Å². The molecule has 0 saturated carbocycles. The van der Waals surface area contributed by atoms with E-state index in [1.54, 1.807) is 6.07 Å². The third kappa shape index (κ3) is 4.60. The fraction of sp³-hybridized carbons (Fsp3) is 0.304. The molecule has 0 saturated heterocycles. The number of aliphatic carboxylic acids is 1. The van der Waals surface area contributed by atoms with Crippen LogP contribution >= 0.6 is 0 Å². The van der Waals surface area contributed by atoms with Gasteiger partial charge < -0.3 is 9.84 Å². The third-order valence-corrected chi connectivity index (χ3v) is 4.36. The number of carboxylic acid groups (broad SMARTS) is 1. The number of carbonyl (C=O) groups is 1. The summed E-state index contributed by atoms with van der Waals surface area (Å²) in [5.74, 6) is 0.302. The molecule has 0 atom stereocenters. The second-order valence-corrected chi connectivity index (χ2v) is 7.19. The average molecular weight is 378 g/mol. The van der Waals surface area contributed by atoms with Crippen molar-refractivity contribution in [1.29, 1.82) is 0 Å². The standard InChI is InChI=1S/C23H26N2O3/c1-4-28-22-11-10-17(13-23(26)27)12-19(22)20-14-21(18-8-6-5-7-9-18)25(24-20)15-16(2)3/h5-12,14,16H,4,13,15H2,1-3H3,(H,26,27). The molecule has 2 aromatic carbocycles. The van der Waals surface area contributed by atoms with E-state index in [-0.39, 0.29) is 6.42 Å². The average Bonchev–Trinajstić information content (AvgIpc) is 3.06. The van der Waals surface area contributed by atoms with Crippen molar-refractivity contribution < 1.29 is 14.6 Å². The molecule has 1 N–H and O–H groups in total. The first-order valence-electron chi connectivity index (χ1n) is 9.59. The van der Waals surface area contributed by atoms with Gasteiger partial charge in [0, 0.05) is 12.1 Å². The molecule has 0 amide bonds. The normalized spacial score (nSPS) is 11.0. The Balaban J connectivity index is 2.12. The maximum Gasteiger partial charge on any atom is 0.307 e. The molecule has 0 spiro atoms. The lowest BCUT2D eigenvalue weighted by atomic mass is 10.0. The zero-order valence-electron chi connectivity index (χ0n) is 16.6. The zero-order chi connectivity index (χ0) is 20.1. The Bertz CT molecular complexity index is 946. The molecular formula is C23H26N2O3. The summed E-state index contributed by atoms with van der Waals surface area (Å²) in [5.41, 5.74) is 4.47. The Morgan fingerprint density at radius 2 is 1.89 bits per heavy atom. The van der Waals surface area contributed by atoms with Gasteiger partial charge in [0.25, 0.3) is 0 Å². The van der Waals surface area contributed by atoms with Crippen molar-refractivity contribution in [2.45, 2.75) is 33.7 Å². The minimum atomic E-state index is -0.856. The largest absolute Gasteiger partial charge is 0.493 e. The van der Waals surface area contributed by atoms with Gasteiger partial charge in [-0.25, -0.2) is 0 Å². The van der Waals surface area contributed by atoms with Crippen molar-refractivity contribution >= 4 is 5.97 Å². The fourth-order valence-corrected chi connectivity index (χ4v) is 3.22. The van der Waals surface area contributed by atoms with E-state index in [1.807, 2.05) is 41.9 Å². The number of benzene rings is 2. The molecule has 0 fully saturated rings. The Kier molecular flexibility index (Phi) is 6.14. The number of hydrogen-bond acceptors (Lipinski definition) is 3. The number of carboxylic acids is 1. The van der Waals surface area contributed by atoms with Crippen LogP contribution in [0.15, 0.2) is 54.6 Å². The molecule has 0 aliphatic rings. The summed E-state index contributed by atoms with van der Waals surface area (Å²) in [4.78, 5) is 11.1. The maximum absolute atomic E-state index is 11.1. The summed E-state index contributed by atoms with van der Waals surface area (Å²) in [6, 6.07) is 17.7. The van der Waals surface area contributed by atoms with Crippen LogP contribution in [0.5, 0.6) is 5.75 Å². The Morgan fingerprint density at radius 1 is 1.14 bits per heavy atom. The molecule has 3 aromatic rings. The number of nitrogens with zero attached hydrogens (tertiary/aromatic N) is 2. The van der Waals surface area contributed by atoms with Crippen LogP contribution in [0.2, 0.25) is 0 Å². The van der Waals surface area contributed by atoms with Gasteiger partial charge in [-0.05, 0) is 42.2 Å². The van der Waals surface area contributed by atoms with Gasteiger partial charge in [-0.15, -0.1) is 0 Å². The molecule has 1 heterocycles. The molecule has 0 aliphatic carbocycles. The number of aromatic nitrogens is 2. The van der Waals surface area contributed by atoms with Crippen LogP contribution in [0.1, 0.15) is 26.3 Å². The fourth-order valence-electron chi connectivity index (χ4n) is 3.22. The highest BCUT2D eigenvalue weighted by atomic mass is 16.5. The lowest BCUT2D eigenvalue weighted by Gasteiger charge is -2.11. The molecule has 0 aliphatic heterocycles. The van der Waals surface area contributed by atoms with E-state index >= 15 is 0 Å². The first kappa shape index (κ1) is 19.7. The smallest absolute Gasteiger partial charge is 0.307 e. The molecule has 1 aromatic heterocycles. The van der Waals surface area contributed by atoms with Gasteiger partial charge in [0.05, 0.1) is 24.4 Å². The van der Waals surface area contributed by atoms with Crippen molar-refractivity contribution in [3.8, 4) is 28.3 Å². The highest BCUT2D eigenvalue weighted by Gasteiger charge is 2.17. The Labute approximate surface area is 165 Å². The highest BCUT2D eigenvalue weighted by Crippen LogP contribution is 2.33. The molecule has 3 rings (SSSR count). The molecule has 5 heteroatoms. The summed E-state index contributed by atoms with van der Waals surface area (Å²) in [6.07, 6.45) is -0.0301. The van der Waals surface area contributed by atoms with Crippen LogP contribution in [0.3, 0.4) is 0 Å². The molecule has 28 heavy (non-hydrogen) atoms.